The fourth-order valence-electron chi connectivity index (χ4n) is 3.26. The number of carbonyl (C=O) groups excluding carboxylic acids is 1. The third-order valence-electron chi connectivity index (χ3n) is 4.61. The Morgan fingerprint density at radius 2 is 1.78 bits per heavy atom. The smallest absolute Gasteiger partial charge is 0.244 e. The van der Waals surface area contributed by atoms with Crippen LogP contribution < -0.4 is 10.6 Å². The van der Waals surface area contributed by atoms with Gasteiger partial charge in [0, 0.05) is 12.2 Å². The van der Waals surface area contributed by atoms with E-state index < -0.39 is 0 Å². The Labute approximate surface area is 159 Å². The predicted octanol–water partition coefficient (Wildman–Crippen LogP) is 3.20. The number of para-hydroxylation sites is 3. The molecule has 1 heterocycles. The first kappa shape index (κ1) is 18.9. The molecule has 0 aliphatic carbocycles. The van der Waals surface area contributed by atoms with Crippen LogP contribution >= 0.6 is 0 Å². The molecule has 1 amide bonds. The van der Waals surface area contributed by atoms with Crippen LogP contribution in [-0.2, 0) is 24.2 Å². The molecule has 2 aromatic carbocycles. The molecule has 0 fully saturated rings. The van der Waals surface area contributed by atoms with Gasteiger partial charge in [-0.3, -0.25) is 4.79 Å². The van der Waals surface area contributed by atoms with Gasteiger partial charge in [-0.2, -0.15) is 0 Å². The van der Waals surface area contributed by atoms with E-state index in [1.807, 2.05) is 34.9 Å². The van der Waals surface area contributed by atoms with E-state index in [4.69, 9.17) is 5.11 Å². The lowest BCUT2D eigenvalue weighted by Crippen LogP contribution is -2.22. The molecule has 0 bridgehead atoms. The zero-order valence-corrected chi connectivity index (χ0v) is 15.8. The number of aliphatic hydroxyl groups excluding tert-OH is 1. The molecule has 0 saturated carbocycles. The second-order valence-electron chi connectivity index (χ2n) is 6.37. The van der Waals surface area contributed by atoms with Crippen LogP contribution in [0.1, 0.15) is 25.0 Å². The Hall–Kier alpha value is -2.86. The SMILES string of the molecule is CCc1cccc(CC)c1NC(=O)Cn1c(NCCO)nc2ccccc21. The van der Waals surface area contributed by atoms with Gasteiger partial charge in [-0.05, 0) is 36.1 Å². The number of carbonyl (C=O) groups is 1. The van der Waals surface area contributed by atoms with Crippen molar-refractivity contribution in [3.63, 3.8) is 0 Å². The molecule has 27 heavy (non-hydrogen) atoms. The van der Waals surface area contributed by atoms with Gasteiger partial charge in [0.2, 0.25) is 11.9 Å². The van der Waals surface area contributed by atoms with Crippen molar-refractivity contribution < 1.29 is 9.90 Å². The monoisotopic (exact) mass is 366 g/mol. The molecule has 0 saturated heterocycles. The normalized spacial score (nSPS) is 10.9. The highest BCUT2D eigenvalue weighted by Crippen LogP contribution is 2.24. The van der Waals surface area contributed by atoms with Crippen LogP contribution in [0.3, 0.4) is 0 Å². The maximum atomic E-state index is 12.8. The first-order chi connectivity index (χ1) is 13.2. The molecular formula is C21H26N4O2. The minimum atomic E-state index is -0.0965. The minimum Gasteiger partial charge on any atom is -0.395 e. The van der Waals surface area contributed by atoms with Crippen LogP contribution in [0.25, 0.3) is 11.0 Å². The number of aromatic nitrogens is 2. The van der Waals surface area contributed by atoms with Crippen LogP contribution in [0.15, 0.2) is 42.5 Å². The number of rotatable bonds is 8. The van der Waals surface area contributed by atoms with Crippen molar-refractivity contribution in [2.75, 3.05) is 23.8 Å². The molecule has 0 aliphatic rings. The lowest BCUT2D eigenvalue weighted by Gasteiger charge is -2.15. The van der Waals surface area contributed by atoms with E-state index in [1.54, 1.807) is 0 Å². The molecular weight excluding hydrogens is 340 g/mol. The maximum Gasteiger partial charge on any atom is 0.244 e. The van der Waals surface area contributed by atoms with Crippen molar-refractivity contribution in [3.8, 4) is 0 Å². The summed E-state index contributed by atoms with van der Waals surface area (Å²) in [6, 6.07) is 13.8. The molecule has 1 aromatic heterocycles. The van der Waals surface area contributed by atoms with E-state index in [1.165, 1.54) is 0 Å². The van der Waals surface area contributed by atoms with Crippen LogP contribution in [0.5, 0.6) is 0 Å². The van der Waals surface area contributed by atoms with Crippen molar-refractivity contribution in [3.05, 3.63) is 53.6 Å². The zero-order valence-electron chi connectivity index (χ0n) is 15.8. The Bertz CT molecular complexity index is 911. The number of amides is 1. The minimum absolute atomic E-state index is 0.000856. The second-order valence-corrected chi connectivity index (χ2v) is 6.37. The number of hydrogen-bond acceptors (Lipinski definition) is 4. The number of nitrogens with one attached hydrogen (secondary N) is 2. The summed E-state index contributed by atoms with van der Waals surface area (Å²) < 4.78 is 1.85. The van der Waals surface area contributed by atoms with Gasteiger partial charge < -0.3 is 20.3 Å². The highest BCUT2D eigenvalue weighted by molar-refractivity contribution is 5.93. The molecule has 0 radical (unpaired) electrons. The van der Waals surface area contributed by atoms with Gasteiger partial charge in [0.05, 0.1) is 17.6 Å². The number of nitrogens with zero attached hydrogens (tertiary/aromatic N) is 2. The van der Waals surface area contributed by atoms with Crippen LogP contribution in [0.2, 0.25) is 0 Å². The number of hydrogen-bond donors (Lipinski definition) is 3. The highest BCUT2D eigenvalue weighted by Gasteiger charge is 2.15. The average Bonchev–Trinajstić information content (AvgIpc) is 3.03. The van der Waals surface area contributed by atoms with Crippen molar-refractivity contribution >= 4 is 28.6 Å². The van der Waals surface area contributed by atoms with Gasteiger partial charge in [-0.25, -0.2) is 4.98 Å². The summed E-state index contributed by atoms with van der Waals surface area (Å²) in [7, 11) is 0. The fraction of sp³-hybridized carbons (Fsp3) is 0.333. The summed E-state index contributed by atoms with van der Waals surface area (Å²) in [4.78, 5) is 17.4. The van der Waals surface area contributed by atoms with Gasteiger partial charge in [-0.1, -0.05) is 44.2 Å². The van der Waals surface area contributed by atoms with E-state index in [9.17, 15) is 4.79 Å². The topological polar surface area (TPSA) is 79.2 Å². The third kappa shape index (κ3) is 4.11. The molecule has 3 N–H and O–H groups in total. The lowest BCUT2D eigenvalue weighted by molar-refractivity contribution is -0.116. The van der Waals surface area contributed by atoms with Crippen molar-refractivity contribution in [2.24, 2.45) is 0 Å². The molecule has 6 heteroatoms. The molecule has 3 aromatic rings. The van der Waals surface area contributed by atoms with E-state index in [0.717, 1.165) is 40.7 Å². The predicted molar refractivity (Wildman–Crippen MR) is 109 cm³/mol. The number of aryl methyl sites for hydroxylation is 2. The fourth-order valence-corrected chi connectivity index (χ4v) is 3.26. The number of imidazole rings is 1. The average molecular weight is 366 g/mol. The van der Waals surface area contributed by atoms with Crippen molar-refractivity contribution in [2.45, 2.75) is 33.2 Å². The molecule has 0 unspecified atom stereocenters. The number of benzene rings is 2. The standard InChI is InChI=1S/C21H26N4O2/c1-3-15-8-7-9-16(4-2)20(15)24-19(27)14-25-18-11-6-5-10-17(18)23-21(25)22-12-13-26/h5-11,26H,3-4,12-14H2,1-2H3,(H,22,23)(H,24,27). The molecule has 0 atom stereocenters. The highest BCUT2D eigenvalue weighted by atomic mass is 16.3. The van der Waals surface area contributed by atoms with Crippen LogP contribution in [0, 0.1) is 0 Å². The van der Waals surface area contributed by atoms with Crippen LogP contribution in [0.4, 0.5) is 11.6 Å². The van der Waals surface area contributed by atoms with Crippen molar-refractivity contribution in [1.29, 1.82) is 0 Å². The molecule has 6 nitrogen and oxygen atoms in total. The molecule has 0 spiro atoms. The number of anilines is 2. The Kier molecular flexibility index (Phi) is 6.08. The number of aliphatic hydroxyl groups is 1. The Morgan fingerprint density at radius 1 is 1.07 bits per heavy atom. The van der Waals surface area contributed by atoms with E-state index in [2.05, 4.69) is 41.6 Å². The van der Waals surface area contributed by atoms with E-state index >= 15 is 0 Å². The summed E-state index contributed by atoms with van der Waals surface area (Å²) >= 11 is 0. The summed E-state index contributed by atoms with van der Waals surface area (Å²) in [5, 5.41) is 15.3. The molecule has 142 valence electrons. The van der Waals surface area contributed by atoms with Gasteiger partial charge >= 0.3 is 0 Å². The Morgan fingerprint density at radius 3 is 2.44 bits per heavy atom. The first-order valence-corrected chi connectivity index (χ1v) is 9.38. The zero-order chi connectivity index (χ0) is 19.2. The van der Waals surface area contributed by atoms with Gasteiger partial charge in [0.1, 0.15) is 6.54 Å². The van der Waals surface area contributed by atoms with Gasteiger partial charge in [-0.15, -0.1) is 0 Å². The third-order valence-corrected chi connectivity index (χ3v) is 4.61. The second kappa shape index (κ2) is 8.68. The lowest BCUT2D eigenvalue weighted by atomic mass is 10.0. The molecule has 0 aliphatic heterocycles. The first-order valence-electron chi connectivity index (χ1n) is 9.38. The van der Waals surface area contributed by atoms with Crippen LogP contribution in [-0.4, -0.2) is 33.7 Å². The van der Waals surface area contributed by atoms with E-state index in [0.29, 0.717) is 12.5 Å². The van der Waals surface area contributed by atoms with Crippen molar-refractivity contribution in [1.82, 2.24) is 9.55 Å². The largest absolute Gasteiger partial charge is 0.395 e. The van der Waals surface area contributed by atoms with E-state index in [-0.39, 0.29) is 19.1 Å². The van der Waals surface area contributed by atoms with Gasteiger partial charge in [0.15, 0.2) is 0 Å². The number of fused-ring (bicyclic) bond motifs is 1. The summed E-state index contributed by atoms with van der Waals surface area (Å²) in [6.45, 7) is 4.70. The Balaban J connectivity index is 1.88. The summed E-state index contributed by atoms with van der Waals surface area (Å²) in [5.74, 6) is 0.487. The van der Waals surface area contributed by atoms with Gasteiger partial charge in [0.25, 0.3) is 0 Å². The quantitative estimate of drug-likeness (QED) is 0.572. The molecule has 3 rings (SSSR count). The summed E-state index contributed by atoms with van der Waals surface area (Å²) in [6.07, 6.45) is 1.72. The summed E-state index contributed by atoms with van der Waals surface area (Å²) in [5.41, 5.74) is 4.89. The maximum absolute atomic E-state index is 12.8.